The number of ether oxygens (including phenoxy) is 1. The molecule has 2 aromatic carbocycles. The first-order valence-electron chi connectivity index (χ1n) is 18.3. The molecule has 4 saturated heterocycles. The lowest BCUT2D eigenvalue weighted by Crippen LogP contribution is -2.63. The van der Waals surface area contributed by atoms with Gasteiger partial charge in [0.05, 0.1) is 26.4 Å². The van der Waals surface area contributed by atoms with Crippen molar-refractivity contribution < 1.29 is 36.6 Å². The molecule has 0 bridgehead atoms. The summed E-state index contributed by atoms with van der Waals surface area (Å²) in [6, 6.07) is 5.81. The number of nitriles is 1. The summed E-state index contributed by atoms with van der Waals surface area (Å²) in [5, 5.41) is 21.7. The standard InChI is InChI=1S/C38H37ClF5N7O3S/c1-35(53)6-8-49(15-36(14-35)16-50(17-36)33(52)23-11-38(23,43)44)32-21-9-24(39)27(20-3-4-25(41)30-26(20)22(12-45)31(46)55-30)28(42)29(21)47-34(48-32)54-18-37-5-2-7-51(37)13-19(40)10-37/h3-4,9,19,23,53H,2,5-8,10-11,13-18,46H2,1H3/t19-,23+,35?,37+/m1/s1. The van der Waals surface area contributed by atoms with Gasteiger partial charge in [-0.15, -0.1) is 11.3 Å². The summed E-state index contributed by atoms with van der Waals surface area (Å²) in [6.45, 7) is 3.53. The quantitative estimate of drug-likeness (QED) is 0.205. The van der Waals surface area contributed by atoms with E-state index in [1.165, 1.54) is 17.0 Å². The van der Waals surface area contributed by atoms with Gasteiger partial charge in [-0.25, -0.2) is 22.0 Å². The van der Waals surface area contributed by atoms with Gasteiger partial charge < -0.3 is 25.4 Å². The summed E-state index contributed by atoms with van der Waals surface area (Å²) >= 11 is 7.77. The number of rotatable bonds is 6. The number of hydrogen-bond acceptors (Lipinski definition) is 10. The van der Waals surface area contributed by atoms with Crippen molar-refractivity contribution in [2.45, 2.75) is 68.7 Å². The van der Waals surface area contributed by atoms with Crippen LogP contribution in [0.4, 0.5) is 32.8 Å². The summed E-state index contributed by atoms with van der Waals surface area (Å²) in [6.07, 6.45) is 0.902. The third-order valence-electron chi connectivity index (χ3n) is 12.3. The van der Waals surface area contributed by atoms with Gasteiger partial charge in [0.15, 0.2) is 5.82 Å². The third-order valence-corrected chi connectivity index (χ3v) is 13.6. The predicted molar refractivity (Wildman–Crippen MR) is 197 cm³/mol. The van der Waals surface area contributed by atoms with Crippen LogP contribution in [0.25, 0.3) is 32.1 Å². The molecular formula is C38H37ClF5N7O3S. The lowest BCUT2D eigenvalue weighted by atomic mass is 9.71. The van der Waals surface area contributed by atoms with Crippen molar-refractivity contribution in [3.63, 3.8) is 0 Å². The highest BCUT2D eigenvalue weighted by molar-refractivity contribution is 7.23. The minimum absolute atomic E-state index is 0.0130. The molecule has 0 radical (unpaired) electrons. The fourth-order valence-electron chi connectivity index (χ4n) is 9.69. The molecule has 2 aromatic heterocycles. The zero-order valence-electron chi connectivity index (χ0n) is 29.8. The average Bonchev–Trinajstić information content (AvgIpc) is 3.31. The number of halogens is 6. The van der Waals surface area contributed by atoms with E-state index in [4.69, 9.17) is 27.1 Å². The molecule has 3 N–H and O–H groups in total. The van der Waals surface area contributed by atoms with E-state index >= 15 is 8.78 Å². The van der Waals surface area contributed by atoms with Gasteiger partial charge in [0, 0.05) is 67.3 Å². The molecule has 1 amide bonds. The minimum Gasteiger partial charge on any atom is -0.461 e. The van der Waals surface area contributed by atoms with E-state index in [0.29, 0.717) is 13.0 Å². The second-order valence-corrected chi connectivity index (χ2v) is 17.9. The Morgan fingerprint density at radius 2 is 1.95 bits per heavy atom. The molecule has 290 valence electrons. The smallest absolute Gasteiger partial charge is 0.319 e. The normalized spacial score (nSPS) is 28.3. The van der Waals surface area contributed by atoms with Crippen molar-refractivity contribution in [2.75, 3.05) is 56.5 Å². The van der Waals surface area contributed by atoms with Crippen LogP contribution in [0.3, 0.4) is 0 Å². The van der Waals surface area contributed by atoms with Gasteiger partial charge in [0.2, 0.25) is 5.91 Å². The number of carbonyl (C=O) groups excluding carboxylic acids is 1. The van der Waals surface area contributed by atoms with E-state index in [1.807, 2.05) is 11.0 Å². The van der Waals surface area contributed by atoms with E-state index < -0.39 is 58.5 Å². The highest BCUT2D eigenvalue weighted by Gasteiger charge is 2.64. The van der Waals surface area contributed by atoms with Gasteiger partial charge in [-0.1, -0.05) is 17.7 Å². The fraction of sp³-hybridized carbons (Fsp3) is 0.526. The number of aliphatic hydroxyl groups is 1. The second-order valence-electron chi connectivity index (χ2n) is 16.4. The predicted octanol–water partition coefficient (Wildman–Crippen LogP) is 6.69. The molecule has 6 heterocycles. The number of thiophene rings is 1. The van der Waals surface area contributed by atoms with Crippen LogP contribution in [0, 0.1) is 34.3 Å². The van der Waals surface area contributed by atoms with Crippen LogP contribution < -0.4 is 15.4 Å². The average molecular weight is 802 g/mol. The SMILES string of the molecule is CC1(O)CCN(c2nc(OC[C@@]34CCCN3C[C@H](F)C4)nc3c(F)c(-c4ccc(F)c5sc(N)c(C#N)c45)c(Cl)cc23)CC2(CN(C(=O)[C@@H]3CC3(F)F)C2)C1. The van der Waals surface area contributed by atoms with Crippen LogP contribution in [0.1, 0.15) is 51.0 Å². The van der Waals surface area contributed by atoms with Gasteiger partial charge in [-0.2, -0.15) is 15.2 Å². The zero-order valence-corrected chi connectivity index (χ0v) is 31.4. The Bertz CT molecular complexity index is 2330. The monoisotopic (exact) mass is 801 g/mol. The number of amides is 1. The topological polar surface area (TPSA) is 132 Å². The Morgan fingerprint density at radius 3 is 2.67 bits per heavy atom. The first-order valence-corrected chi connectivity index (χ1v) is 19.5. The van der Waals surface area contributed by atoms with Crippen LogP contribution in [0.2, 0.25) is 5.02 Å². The lowest BCUT2D eigenvalue weighted by molar-refractivity contribution is -0.150. The number of likely N-dealkylation sites (tertiary alicyclic amines) is 1. The van der Waals surface area contributed by atoms with Crippen LogP contribution in [0.15, 0.2) is 18.2 Å². The van der Waals surface area contributed by atoms with E-state index in [-0.39, 0.29) is 112 Å². The maximum absolute atomic E-state index is 17.3. The number of nitrogens with zero attached hydrogens (tertiary/aromatic N) is 6. The molecule has 4 aromatic rings. The van der Waals surface area contributed by atoms with E-state index in [2.05, 4.69) is 9.88 Å². The van der Waals surface area contributed by atoms with Crippen molar-refractivity contribution in [3.05, 3.63) is 40.4 Å². The number of aromatic nitrogens is 2. The summed E-state index contributed by atoms with van der Waals surface area (Å²) in [7, 11) is 0. The van der Waals surface area contributed by atoms with E-state index in [0.717, 1.165) is 30.4 Å². The number of alkyl halides is 3. The molecule has 5 aliphatic rings. The van der Waals surface area contributed by atoms with E-state index in [1.54, 1.807) is 6.92 Å². The largest absolute Gasteiger partial charge is 0.461 e. The van der Waals surface area contributed by atoms with Gasteiger partial charge in [-0.3, -0.25) is 9.69 Å². The number of carbonyl (C=O) groups is 1. The van der Waals surface area contributed by atoms with Crippen LogP contribution in [0.5, 0.6) is 6.01 Å². The van der Waals surface area contributed by atoms with Crippen LogP contribution in [-0.2, 0) is 4.79 Å². The molecule has 4 aliphatic heterocycles. The summed E-state index contributed by atoms with van der Waals surface area (Å²) in [4.78, 5) is 27.6. The van der Waals surface area contributed by atoms with E-state index in [9.17, 15) is 28.3 Å². The molecule has 9 rings (SSSR count). The Hall–Kier alpha value is -4.04. The van der Waals surface area contributed by atoms with Crippen molar-refractivity contribution in [2.24, 2.45) is 11.3 Å². The summed E-state index contributed by atoms with van der Waals surface area (Å²) < 4.78 is 80.9. The minimum atomic E-state index is -3.01. The Morgan fingerprint density at radius 1 is 1.18 bits per heavy atom. The fourth-order valence-corrected chi connectivity index (χ4v) is 10.9. The molecule has 55 heavy (non-hydrogen) atoms. The Labute approximate surface area is 321 Å². The van der Waals surface area contributed by atoms with Crippen molar-refractivity contribution in [3.8, 4) is 23.2 Å². The van der Waals surface area contributed by atoms with Crippen molar-refractivity contribution >= 4 is 60.7 Å². The highest BCUT2D eigenvalue weighted by Crippen LogP contribution is 2.53. The Balaban J connectivity index is 1.16. The molecule has 1 spiro atoms. The maximum atomic E-state index is 17.3. The van der Waals surface area contributed by atoms with Gasteiger partial charge in [-0.05, 0) is 56.8 Å². The highest BCUT2D eigenvalue weighted by atomic mass is 35.5. The molecule has 17 heteroatoms. The van der Waals surface area contributed by atoms with Crippen LogP contribution >= 0.6 is 22.9 Å². The van der Waals surface area contributed by atoms with Crippen molar-refractivity contribution in [1.29, 1.82) is 5.26 Å². The number of benzene rings is 2. The van der Waals surface area contributed by atoms with Gasteiger partial charge in [0.25, 0.3) is 5.92 Å². The molecule has 1 saturated carbocycles. The number of fused-ring (bicyclic) bond motifs is 3. The van der Waals surface area contributed by atoms with Crippen LogP contribution in [-0.4, -0.2) is 99.9 Å². The van der Waals surface area contributed by atoms with Gasteiger partial charge in [0.1, 0.15) is 46.9 Å². The molecule has 4 atom stereocenters. The number of anilines is 2. The maximum Gasteiger partial charge on any atom is 0.319 e. The van der Waals surface area contributed by atoms with Gasteiger partial charge >= 0.3 is 6.01 Å². The third kappa shape index (κ3) is 5.95. The molecule has 10 nitrogen and oxygen atoms in total. The zero-order chi connectivity index (χ0) is 38.8. The second kappa shape index (κ2) is 12.5. The summed E-state index contributed by atoms with van der Waals surface area (Å²) in [5.74, 6) is -6.24. The number of hydrogen-bond donors (Lipinski definition) is 2. The molecular weight excluding hydrogens is 765 g/mol. The molecule has 1 aliphatic carbocycles. The summed E-state index contributed by atoms with van der Waals surface area (Å²) in [5.41, 5.74) is 3.44. The molecule has 1 unspecified atom stereocenters. The first-order chi connectivity index (χ1) is 26.0. The Kier molecular flexibility index (Phi) is 8.30. The van der Waals surface area contributed by atoms with Crippen molar-refractivity contribution in [1.82, 2.24) is 19.8 Å². The molecule has 5 fully saturated rings. The lowest BCUT2D eigenvalue weighted by Gasteiger charge is -2.52. The number of nitrogens with two attached hydrogens (primary N) is 1. The number of nitrogen functional groups attached to an aromatic ring is 1. The first kappa shape index (κ1) is 36.6.